The molecule has 0 aromatic carbocycles. The van der Waals surface area contributed by atoms with E-state index in [1.54, 1.807) is 26.3 Å². The van der Waals surface area contributed by atoms with Gasteiger partial charge in [-0.25, -0.2) is 13.1 Å². The Morgan fingerprint density at radius 2 is 2.25 bits per heavy atom. The summed E-state index contributed by atoms with van der Waals surface area (Å²) in [6.07, 6.45) is 2.14. The van der Waals surface area contributed by atoms with Crippen molar-refractivity contribution >= 4 is 10.0 Å². The Balaban J connectivity index is 2.36. The molecule has 0 aliphatic carbocycles. The van der Waals surface area contributed by atoms with Crippen molar-refractivity contribution < 1.29 is 12.8 Å². The van der Waals surface area contributed by atoms with Crippen molar-refractivity contribution in [3.63, 3.8) is 0 Å². The van der Waals surface area contributed by atoms with E-state index >= 15 is 0 Å². The molecule has 0 amide bonds. The summed E-state index contributed by atoms with van der Waals surface area (Å²) in [7, 11) is -1.50. The van der Waals surface area contributed by atoms with Gasteiger partial charge in [-0.3, -0.25) is 0 Å². The highest BCUT2D eigenvalue weighted by Gasteiger charge is 2.18. The van der Waals surface area contributed by atoms with Gasteiger partial charge in [0, 0.05) is 19.5 Å². The van der Waals surface area contributed by atoms with Gasteiger partial charge in [0.25, 0.3) is 0 Å². The number of hydrogen-bond donors (Lipinski definition) is 2. The highest BCUT2D eigenvalue weighted by molar-refractivity contribution is 7.90. The molecule has 1 heterocycles. The fourth-order valence-corrected chi connectivity index (χ4v) is 2.37. The van der Waals surface area contributed by atoms with Crippen molar-refractivity contribution in [2.75, 3.05) is 20.1 Å². The first-order valence-electron chi connectivity index (χ1n) is 5.21. The van der Waals surface area contributed by atoms with E-state index in [4.69, 9.17) is 4.42 Å². The van der Waals surface area contributed by atoms with Crippen LogP contribution in [0, 0.1) is 0 Å². The average molecular weight is 246 g/mol. The minimum absolute atomic E-state index is 0.365. The predicted molar refractivity (Wildman–Crippen MR) is 62.7 cm³/mol. The third kappa shape index (κ3) is 3.96. The van der Waals surface area contributed by atoms with E-state index in [1.807, 2.05) is 6.07 Å². The summed E-state index contributed by atoms with van der Waals surface area (Å²) in [5.41, 5.74) is 0. The van der Waals surface area contributed by atoms with Crippen molar-refractivity contribution in [1.82, 2.24) is 10.0 Å². The molecule has 16 heavy (non-hydrogen) atoms. The highest BCUT2D eigenvalue weighted by Crippen LogP contribution is 2.01. The maximum absolute atomic E-state index is 11.7. The van der Waals surface area contributed by atoms with E-state index in [9.17, 15) is 8.42 Å². The lowest BCUT2D eigenvalue weighted by molar-refractivity contribution is 0.504. The molecule has 0 saturated heterocycles. The molecule has 2 N–H and O–H groups in total. The molecular weight excluding hydrogens is 228 g/mol. The van der Waals surface area contributed by atoms with Gasteiger partial charge >= 0.3 is 0 Å². The van der Waals surface area contributed by atoms with E-state index < -0.39 is 15.3 Å². The van der Waals surface area contributed by atoms with Gasteiger partial charge < -0.3 is 9.73 Å². The monoisotopic (exact) mass is 246 g/mol. The number of sulfonamides is 1. The Hall–Kier alpha value is -0.850. The molecule has 0 aliphatic rings. The Labute approximate surface area is 96.3 Å². The van der Waals surface area contributed by atoms with Crippen molar-refractivity contribution in [2.24, 2.45) is 0 Å². The third-order valence-corrected chi connectivity index (χ3v) is 4.11. The number of hydrogen-bond acceptors (Lipinski definition) is 4. The molecule has 1 aromatic rings. The molecule has 0 aliphatic heterocycles. The SMILES string of the molecule is CNCC(C)S(=O)(=O)NCCc1ccco1. The van der Waals surface area contributed by atoms with Gasteiger partial charge in [-0.1, -0.05) is 0 Å². The number of furan rings is 1. The van der Waals surface area contributed by atoms with Crippen LogP contribution < -0.4 is 10.0 Å². The fraction of sp³-hybridized carbons (Fsp3) is 0.600. The molecule has 92 valence electrons. The molecule has 0 bridgehead atoms. The first kappa shape index (κ1) is 13.2. The standard InChI is InChI=1S/C10H18N2O3S/c1-9(8-11-2)16(13,14)12-6-5-10-4-3-7-15-10/h3-4,7,9,11-12H,5-6,8H2,1-2H3. The van der Waals surface area contributed by atoms with E-state index in [1.165, 1.54) is 0 Å². The molecule has 0 radical (unpaired) electrons. The topological polar surface area (TPSA) is 71.3 Å². The minimum atomic E-state index is -3.23. The maximum atomic E-state index is 11.7. The van der Waals surface area contributed by atoms with Gasteiger partial charge in [0.05, 0.1) is 11.5 Å². The van der Waals surface area contributed by atoms with Gasteiger partial charge in [-0.15, -0.1) is 0 Å². The van der Waals surface area contributed by atoms with Gasteiger partial charge in [0.15, 0.2) is 0 Å². The Bertz CT molecular complexity index is 386. The summed E-state index contributed by atoms with van der Waals surface area (Å²) in [6.45, 7) is 2.48. The van der Waals surface area contributed by atoms with Crippen LogP contribution in [0.4, 0.5) is 0 Å². The quantitative estimate of drug-likeness (QED) is 0.728. The van der Waals surface area contributed by atoms with Crippen LogP contribution in [0.5, 0.6) is 0 Å². The van der Waals surface area contributed by atoms with E-state index in [-0.39, 0.29) is 0 Å². The lowest BCUT2D eigenvalue weighted by atomic mass is 10.3. The molecular formula is C10H18N2O3S. The number of rotatable bonds is 7. The van der Waals surface area contributed by atoms with Gasteiger partial charge in [-0.2, -0.15) is 0 Å². The molecule has 1 aromatic heterocycles. The zero-order valence-electron chi connectivity index (χ0n) is 9.56. The van der Waals surface area contributed by atoms with Gasteiger partial charge in [0.2, 0.25) is 10.0 Å². The summed E-state index contributed by atoms with van der Waals surface area (Å²) >= 11 is 0. The van der Waals surface area contributed by atoms with Crippen LogP contribution in [0.2, 0.25) is 0 Å². The molecule has 1 atom stereocenters. The van der Waals surface area contributed by atoms with Crippen molar-refractivity contribution in [1.29, 1.82) is 0 Å². The lowest BCUT2D eigenvalue weighted by Gasteiger charge is -2.12. The largest absolute Gasteiger partial charge is 0.469 e. The van der Waals surface area contributed by atoms with Crippen molar-refractivity contribution in [2.45, 2.75) is 18.6 Å². The van der Waals surface area contributed by atoms with Crippen molar-refractivity contribution in [3.8, 4) is 0 Å². The number of nitrogens with one attached hydrogen (secondary N) is 2. The first-order chi connectivity index (χ1) is 7.56. The molecule has 5 nitrogen and oxygen atoms in total. The molecule has 0 fully saturated rings. The van der Waals surface area contributed by atoms with E-state index in [0.717, 1.165) is 5.76 Å². The smallest absolute Gasteiger partial charge is 0.215 e. The third-order valence-electron chi connectivity index (χ3n) is 2.28. The first-order valence-corrected chi connectivity index (χ1v) is 6.76. The Morgan fingerprint density at radius 3 is 2.81 bits per heavy atom. The van der Waals surface area contributed by atoms with Crippen LogP contribution >= 0.6 is 0 Å². The predicted octanol–water partition coefficient (Wildman–Crippen LogP) is 0.349. The van der Waals surface area contributed by atoms with Crippen molar-refractivity contribution in [3.05, 3.63) is 24.2 Å². The average Bonchev–Trinajstić information content (AvgIpc) is 2.70. The summed E-state index contributed by atoms with van der Waals surface area (Å²) in [5, 5.41) is 2.40. The summed E-state index contributed by atoms with van der Waals surface area (Å²) in [6, 6.07) is 3.61. The maximum Gasteiger partial charge on any atom is 0.215 e. The second-order valence-corrected chi connectivity index (χ2v) is 5.82. The second kappa shape index (κ2) is 6.03. The summed E-state index contributed by atoms with van der Waals surface area (Å²) < 4.78 is 31.0. The van der Waals surface area contributed by atoms with Gasteiger partial charge in [0.1, 0.15) is 5.76 Å². The van der Waals surface area contributed by atoms with Crippen LogP contribution in [0.1, 0.15) is 12.7 Å². The molecule has 1 unspecified atom stereocenters. The molecule has 6 heteroatoms. The lowest BCUT2D eigenvalue weighted by Crippen LogP contribution is -2.38. The van der Waals surface area contributed by atoms with Gasteiger partial charge in [-0.05, 0) is 26.1 Å². The highest BCUT2D eigenvalue weighted by atomic mass is 32.2. The molecule has 1 rings (SSSR count). The van der Waals surface area contributed by atoms with Crippen LogP contribution in [-0.4, -0.2) is 33.8 Å². The van der Waals surface area contributed by atoms with Crippen LogP contribution in [-0.2, 0) is 16.4 Å². The normalized spacial score (nSPS) is 13.9. The van der Waals surface area contributed by atoms with Crippen LogP contribution in [0.25, 0.3) is 0 Å². The zero-order chi connectivity index (χ0) is 12.0. The Morgan fingerprint density at radius 1 is 1.50 bits per heavy atom. The molecule has 0 spiro atoms. The zero-order valence-corrected chi connectivity index (χ0v) is 10.4. The van der Waals surface area contributed by atoms with Crippen LogP contribution in [0.15, 0.2) is 22.8 Å². The van der Waals surface area contributed by atoms with Crippen LogP contribution in [0.3, 0.4) is 0 Å². The fourth-order valence-electron chi connectivity index (χ4n) is 1.31. The second-order valence-electron chi connectivity index (χ2n) is 3.64. The van der Waals surface area contributed by atoms with E-state index in [2.05, 4.69) is 10.0 Å². The van der Waals surface area contributed by atoms with E-state index in [0.29, 0.717) is 19.5 Å². The summed E-state index contributed by atoms with van der Waals surface area (Å²) in [4.78, 5) is 0. The minimum Gasteiger partial charge on any atom is -0.469 e. The molecule has 0 saturated carbocycles. The Kier molecular flexibility index (Phi) is 4.98. The summed E-state index contributed by atoms with van der Waals surface area (Å²) in [5.74, 6) is 0.781.